The van der Waals surface area contributed by atoms with E-state index in [0.29, 0.717) is 0 Å². The lowest BCUT2D eigenvalue weighted by Gasteiger charge is -2.09. The molecule has 0 aromatic heterocycles. The first-order valence-electron chi connectivity index (χ1n) is 4.79. The Hall–Kier alpha value is -0.950. The molecule has 0 spiro atoms. The summed E-state index contributed by atoms with van der Waals surface area (Å²) in [5.74, 6) is 0. The predicted molar refractivity (Wildman–Crippen MR) is 65.4 cm³/mol. The second kappa shape index (κ2) is 3.32. The molecule has 2 aromatic carbocycles. The van der Waals surface area contributed by atoms with E-state index in [1.54, 1.807) is 0 Å². The van der Waals surface area contributed by atoms with Crippen molar-refractivity contribution in [3.63, 3.8) is 0 Å². The van der Waals surface area contributed by atoms with Gasteiger partial charge in [0.1, 0.15) is 0 Å². The summed E-state index contributed by atoms with van der Waals surface area (Å²) in [4.78, 5) is 1.08. The van der Waals surface area contributed by atoms with E-state index in [4.69, 9.17) is 0 Å². The molecule has 72 valence electrons. The van der Waals surface area contributed by atoms with Crippen LogP contribution in [0.2, 0.25) is 0 Å². The van der Waals surface area contributed by atoms with Crippen molar-refractivity contribution in [3.05, 3.63) is 41.0 Å². The predicted octanol–water partition coefficient (Wildman–Crippen LogP) is 4.05. The lowest BCUT2D eigenvalue weighted by molar-refractivity contribution is 1.27. The van der Waals surface area contributed by atoms with Gasteiger partial charge >= 0.3 is 0 Å². The van der Waals surface area contributed by atoms with Crippen molar-refractivity contribution in [3.8, 4) is 0 Å². The van der Waals surface area contributed by atoms with E-state index in [-0.39, 0.29) is 0 Å². The van der Waals surface area contributed by atoms with E-state index >= 15 is 0 Å². The fourth-order valence-electron chi connectivity index (χ4n) is 1.79. The standard InChI is InChI=1S/C13H14S/c1-8-4-5-12-9(2)10(3)13(14)7-11(12)6-8/h4-7,14H,1-3H3. The van der Waals surface area contributed by atoms with Crippen LogP contribution in [0.5, 0.6) is 0 Å². The molecule has 0 atom stereocenters. The zero-order valence-electron chi connectivity index (χ0n) is 8.76. The highest BCUT2D eigenvalue weighted by Gasteiger charge is 2.03. The maximum Gasteiger partial charge on any atom is 0.00782 e. The first-order chi connectivity index (χ1) is 6.59. The van der Waals surface area contributed by atoms with Gasteiger partial charge in [0.25, 0.3) is 0 Å². The van der Waals surface area contributed by atoms with Gasteiger partial charge in [-0.2, -0.15) is 0 Å². The van der Waals surface area contributed by atoms with Gasteiger partial charge in [-0.05, 0) is 48.7 Å². The minimum Gasteiger partial charge on any atom is -0.143 e. The first-order valence-corrected chi connectivity index (χ1v) is 5.24. The van der Waals surface area contributed by atoms with E-state index in [1.807, 2.05) is 0 Å². The van der Waals surface area contributed by atoms with Crippen molar-refractivity contribution in [2.24, 2.45) is 0 Å². The number of fused-ring (bicyclic) bond motifs is 1. The third-order valence-electron chi connectivity index (χ3n) is 2.85. The van der Waals surface area contributed by atoms with Crippen LogP contribution in [0, 0.1) is 20.8 Å². The van der Waals surface area contributed by atoms with Crippen LogP contribution in [-0.2, 0) is 0 Å². The molecule has 0 aliphatic rings. The molecule has 0 bridgehead atoms. The smallest absolute Gasteiger partial charge is 0.00782 e. The molecule has 2 rings (SSSR count). The van der Waals surface area contributed by atoms with Crippen molar-refractivity contribution in [1.82, 2.24) is 0 Å². The van der Waals surface area contributed by atoms with Gasteiger partial charge in [0.2, 0.25) is 0 Å². The summed E-state index contributed by atoms with van der Waals surface area (Å²) < 4.78 is 0. The molecule has 1 heteroatoms. The Kier molecular flexibility index (Phi) is 2.28. The van der Waals surface area contributed by atoms with E-state index in [1.165, 1.54) is 27.5 Å². The lowest BCUT2D eigenvalue weighted by atomic mass is 9.99. The summed E-state index contributed by atoms with van der Waals surface area (Å²) in [5, 5.41) is 2.63. The van der Waals surface area contributed by atoms with Gasteiger partial charge in [-0.3, -0.25) is 0 Å². The molecule has 0 aliphatic carbocycles. The molecule has 0 fully saturated rings. The quantitative estimate of drug-likeness (QED) is 0.612. The fraction of sp³-hybridized carbons (Fsp3) is 0.231. The summed E-state index contributed by atoms with van der Waals surface area (Å²) >= 11 is 4.48. The monoisotopic (exact) mass is 202 g/mol. The number of benzene rings is 2. The molecule has 2 aromatic rings. The van der Waals surface area contributed by atoms with E-state index < -0.39 is 0 Å². The van der Waals surface area contributed by atoms with Crippen molar-refractivity contribution in [1.29, 1.82) is 0 Å². The highest BCUT2D eigenvalue weighted by molar-refractivity contribution is 7.80. The van der Waals surface area contributed by atoms with Crippen LogP contribution in [0.3, 0.4) is 0 Å². The zero-order chi connectivity index (χ0) is 10.3. The average Bonchev–Trinajstić information content (AvgIpc) is 2.14. The van der Waals surface area contributed by atoms with Crippen molar-refractivity contribution in [2.45, 2.75) is 25.7 Å². The average molecular weight is 202 g/mol. The summed E-state index contributed by atoms with van der Waals surface area (Å²) in [6.45, 7) is 6.40. The SMILES string of the molecule is Cc1ccc2c(C)c(C)c(S)cc2c1. The second-order valence-corrected chi connectivity index (χ2v) is 4.35. The van der Waals surface area contributed by atoms with Crippen LogP contribution in [0.4, 0.5) is 0 Å². The molecule has 0 N–H and O–H groups in total. The molecule has 0 amide bonds. The van der Waals surface area contributed by atoms with Crippen LogP contribution in [0.25, 0.3) is 10.8 Å². The highest BCUT2D eigenvalue weighted by Crippen LogP contribution is 2.27. The Morgan fingerprint density at radius 2 is 1.64 bits per heavy atom. The summed E-state index contributed by atoms with van der Waals surface area (Å²) in [5.41, 5.74) is 3.92. The Labute approximate surface area is 90.4 Å². The molecule has 0 aliphatic heterocycles. The molecule has 0 heterocycles. The van der Waals surface area contributed by atoms with E-state index in [0.717, 1.165) is 4.90 Å². The molecule has 0 saturated carbocycles. The van der Waals surface area contributed by atoms with Crippen molar-refractivity contribution >= 4 is 23.4 Å². The normalized spacial score (nSPS) is 10.9. The summed E-state index contributed by atoms with van der Waals surface area (Å²) in [6, 6.07) is 8.71. The van der Waals surface area contributed by atoms with Crippen LogP contribution in [0.1, 0.15) is 16.7 Å². The number of hydrogen-bond donors (Lipinski definition) is 1. The topological polar surface area (TPSA) is 0 Å². The maximum atomic E-state index is 4.48. The molecule has 0 nitrogen and oxygen atoms in total. The molecule has 14 heavy (non-hydrogen) atoms. The van der Waals surface area contributed by atoms with Crippen LogP contribution < -0.4 is 0 Å². The highest BCUT2D eigenvalue weighted by atomic mass is 32.1. The van der Waals surface area contributed by atoms with Crippen molar-refractivity contribution < 1.29 is 0 Å². The maximum absolute atomic E-state index is 4.48. The van der Waals surface area contributed by atoms with Gasteiger partial charge in [0.05, 0.1) is 0 Å². The van der Waals surface area contributed by atoms with Crippen LogP contribution in [0.15, 0.2) is 29.2 Å². The molecule has 0 saturated heterocycles. The van der Waals surface area contributed by atoms with Gasteiger partial charge in [-0.1, -0.05) is 23.8 Å². The summed E-state index contributed by atoms with van der Waals surface area (Å²) in [7, 11) is 0. The second-order valence-electron chi connectivity index (χ2n) is 3.87. The fourth-order valence-corrected chi connectivity index (χ4v) is 2.10. The van der Waals surface area contributed by atoms with Gasteiger partial charge in [0.15, 0.2) is 0 Å². The Bertz CT molecular complexity index is 498. The van der Waals surface area contributed by atoms with E-state index in [9.17, 15) is 0 Å². The molecule has 0 radical (unpaired) electrons. The molecular weight excluding hydrogens is 188 g/mol. The van der Waals surface area contributed by atoms with Crippen LogP contribution >= 0.6 is 12.6 Å². The number of aryl methyl sites for hydroxylation is 2. The third kappa shape index (κ3) is 1.42. The van der Waals surface area contributed by atoms with Crippen molar-refractivity contribution in [2.75, 3.05) is 0 Å². The largest absolute Gasteiger partial charge is 0.143 e. The van der Waals surface area contributed by atoms with Crippen LogP contribution in [-0.4, -0.2) is 0 Å². The first kappa shape index (κ1) is 9.60. The zero-order valence-corrected chi connectivity index (χ0v) is 9.65. The van der Waals surface area contributed by atoms with E-state index in [2.05, 4.69) is 57.7 Å². The lowest BCUT2D eigenvalue weighted by Crippen LogP contribution is -1.87. The number of thiol groups is 1. The van der Waals surface area contributed by atoms with Gasteiger partial charge in [-0.25, -0.2) is 0 Å². The summed E-state index contributed by atoms with van der Waals surface area (Å²) in [6.07, 6.45) is 0. The Morgan fingerprint density at radius 3 is 2.36 bits per heavy atom. The molecular formula is C13H14S. The Morgan fingerprint density at radius 1 is 0.929 bits per heavy atom. The van der Waals surface area contributed by atoms with Gasteiger partial charge < -0.3 is 0 Å². The van der Waals surface area contributed by atoms with Gasteiger partial charge in [-0.15, -0.1) is 12.6 Å². The molecule has 0 unspecified atom stereocenters. The third-order valence-corrected chi connectivity index (χ3v) is 3.31. The number of hydrogen-bond acceptors (Lipinski definition) is 1. The minimum absolute atomic E-state index is 1.08. The van der Waals surface area contributed by atoms with Gasteiger partial charge in [0, 0.05) is 4.90 Å². The number of rotatable bonds is 0. The Balaban J connectivity index is 2.91. The minimum atomic E-state index is 1.08.